The van der Waals surface area contributed by atoms with E-state index >= 15 is 0 Å². The van der Waals surface area contributed by atoms with Crippen LogP contribution in [-0.2, 0) is 22.3 Å². The van der Waals surface area contributed by atoms with E-state index in [1.807, 2.05) is 0 Å². The molecule has 8 nitrogen and oxygen atoms in total. The van der Waals surface area contributed by atoms with Gasteiger partial charge in [-0.15, -0.1) is 0 Å². The Balaban J connectivity index is 1.32. The van der Waals surface area contributed by atoms with Crippen LogP contribution in [0.25, 0.3) is 0 Å². The van der Waals surface area contributed by atoms with E-state index in [1.165, 1.54) is 24.3 Å². The largest absolute Gasteiger partial charge is 0.418 e. The molecular weight excluding hydrogens is 489 g/mol. The maximum Gasteiger partial charge on any atom is 0.418 e. The highest BCUT2D eigenvalue weighted by Crippen LogP contribution is 2.36. The van der Waals surface area contributed by atoms with Crippen molar-refractivity contribution in [3.8, 4) is 0 Å². The van der Waals surface area contributed by atoms with Gasteiger partial charge in [-0.25, -0.2) is 0 Å². The second kappa shape index (κ2) is 11.0. The Labute approximate surface area is 210 Å². The molecule has 1 atom stereocenters. The summed E-state index contributed by atoms with van der Waals surface area (Å²) in [6, 6.07) is 13.2. The first-order valence-corrected chi connectivity index (χ1v) is 11.9. The lowest BCUT2D eigenvalue weighted by molar-refractivity contribution is -0.137. The zero-order valence-corrected chi connectivity index (χ0v) is 19.9. The Morgan fingerprint density at radius 1 is 1.05 bits per heavy atom. The minimum atomic E-state index is -4.47. The van der Waals surface area contributed by atoms with Gasteiger partial charge in [0.05, 0.1) is 23.3 Å². The smallest absolute Gasteiger partial charge is 0.380 e. The predicted molar refractivity (Wildman–Crippen MR) is 130 cm³/mol. The van der Waals surface area contributed by atoms with Crippen molar-refractivity contribution in [1.82, 2.24) is 15.5 Å². The second-order valence-electron chi connectivity index (χ2n) is 9.08. The van der Waals surface area contributed by atoms with Crippen LogP contribution in [0.5, 0.6) is 0 Å². The van der Waals surface area contributed by atoms with Crippen molar-refractivity contribution in [2.75, 3.05) is 18.5 Å². The zero-order chi connectivity index (χ0) is 26.5. The Bertz CT molecular complexity index is 1290. The number of carbonyl (C=O) groups is 2. The number of para-hydroxylation sites is 1. The number of H-pyrrole nitrogens is 2. The molecule has 11 heteroatoms. The summed E-state index contributed by atoms with van der Waals surface area (Å²) in [4.78, 5) is 36.5. The normalized spacial score (nSPS) is 17.5. The number of aromatic nitrogens is 2. The van der Waals surface area contributed by atoms with Gasteiger partial charge in [0, 0.05) is 31.3 Å². The zero-order valence-electron chi connectivity index (χ0n) is 19.9. The minimum absolute atomic E-state index is 0.0411. The topological polar surface area (TPSA) is 116 Å². The van der Waals surface area contributed by atoms with Crippen LogP contribution in [0.4, 0.5) is 24.5 Å². The Kier molecular flexibility index (Phi) is 7.82. The van der Waals surface area contributed by atoms with E-state index in [9.17, 15) is 27.6 Å². The molecule has 1 saturated heterocycles. The number of benzene rings is 2. The molecule has 0 aliphatic carbocycles. The van der Waals surface area contributed by atoms with E-state index in [0.717, 1.165) is 11.6 Å². The first-order chi connectivity index (χ1) is 17.7. The molecule has 37 heavy (non-hydrogen) atoms. The van der Waals surface area contributed by atoms with Crippen LogP contribution in [-0.4, -0.2) is 35.1 Å². The number of hydrogen-bond donors (Lipinski definition) is 4. The van der Waals surface area contributed by atoms with Crippen molar-refractivity contribution in [2.24, 2.45) is 5.41 Å². The number of amides is 1. The third-order valence-electron chi connectivity index (χ3n) is 6.46. The molecule has 0 unspecified atom stereocenters. The molecule has 2 aromatic carbocycles. The summed E-state index contributed by atoms with van der Waals surface area (Å²) in [7, 11) is 0. The number of ketones is 1. The molecule has 1 aromatic heterocycles. The van der Waals surface area contributed by atoms with Gasteiger partial charge in [-0.05, 0) is 49.1 Å². The van der Waals surface area contributed by atoms with Crippen molar-refractivity contribution in [2.45, 2.75) is 38.4 Å². The molecule has 1 aliphatic heterocycles. The average Bonchev–Trinajstić information content (AvgIpc) is 3.53. The molecular formula is C26H27F3N4O4. The highest BCUT2D eigenvalue weighted by molar-refractivity contribution is 5.94. The molecule has 1 aliphatic rings. The van der Waals surface area contributed by atoms with Crippen LogP contribution in [0, 0.1) is 5.41 Å². The standard InChI is InChI=1S/C26H27F3N4O4/c27-26(28,29)19-4-1-2-5-20(19)31-18-9-7-17(8-10-18)15-30-24(36)25(12-13-37-16-25)11-3-6-22(34)21-14-23(35)33-32-21/h1-2,4-5,7-10,14,31H,3,6,11-13,15-16H2,(H,30,36)(H2,32,33,35)/t25-/m1/s1. The molecule has 196 valence electrons. The molecule has 1 amide bonds. The number of Topliss-reactive ketones (excluding diaryl/α,β-unsaturated/α-hetero) is 1. The van der Waals surface area contributed by atoms with E-state index in [0.29, 0.717) is 31.6 Å². The molecule has 4 rings (SSSR count). The minimum Gasteiger partial charge on any atom is -0.380 e. The number of rotatable bonds is 10. The van der Waals surface area contributed by atoms with Crippen LogP contribution < -0.4 is 16.2 Å². The highest BCUT2D eigenvalue weighted by Gasteiger charge is 2.41. The Hall–Kier alpha value is -3.86. The SMILES string of the molecule is O=C(CCC[C@@]1(C(=O)NCc2ccc(Nc3ccccc3C(F)(F)F)cc2)CCOC1)c1cc(=O)[nH][nH]1. The summed E-state index contributed by atoms with van der Waals surface area (Å²) >= 11 is 0. The van der Waals surface area contributed by atoms with Crippen molar-refractivity contribution in [1.29, 1.82) is 0 Å². The summed E-state index contributed by atoms with van der Waals surface area (Å²) in [5.74, 6) is -0.381. The molecule has 0 spiro atoms. The molecule has 4 N–H and O–H groups in total. The lowest BCUT2D eigenvalue weighted by Crippen LogP contribution is -2.41. The number of aromatic amines is 2. The number of ether oxygens (including phenoxy) is 1. The summed E-state index contributed by atoms with van der Waals surface area (Å²) in [5, 5.41) is 10.6. The Morgan fingerprint density at radius 2 is 1.81 bits per heavy atom. The average molecular weight is 517 g/mol. The third-order valence-corrected chi connectivity index (χ3v) is 6.46. The lowest BCUT2D eigenvalue weighted by atomic mass is 9.80. The molecule has 2 heterocycles. The van der Waals surface area contributed by atoms with Gasteiger partial charge in [-0.3, -0.25) is 24.6 Å². The summed E-state index contributed by atoms with van der Waals surface area (Å²) < 4.78 is 45.2. The maximum absolute atomic E-state index is 13.2. The van der Waals surface area contributed by atoms with Gasteiger partial charge >= 0.3 is 6.18 Å². The first kappa shape index (κ1) is 26.2. The van der Waals surface area contributed by atoms with E-state index in [2.05, 4.69) is 20.8 Å². The van der Waals surface area contributed by atoms with Gasteiger partial charge < -0.3 is 15.4 Å². The van der Waals surface area contributed by atoms with E-state index < -0.39 is 17.2 Å². The number of alkyl halides is 3. The number of anilines is 2. The first-order valence-electron chi connectivity index (χ1n) is 11.9. The van der Waals surface area contributed by atoms with Crippen molar-refractivity contribution >= 4 is 23.1 Å². The van der Waals surface area contributed by atoms with Crippen LogP contribution in [0.2, 0.25) is 0 Å². The number of nitrogens with one attached hydrogen (secondary N) is 4. The van der Waals surface area contributed by atoms with Crippen molar-refractivity contribution < 1.29 is 27.5 Å². The second-order valence-corrected chi connectivity index (χ2v) is 9.08. The molecule has 0 saturated carbocycles. The fourth-order valence-electron chi connectivity index (χ4n) is 4.37. The van der Waals surface area contributed by atoms with Gasteiger partial charge in [0.25, 0.3) is 5.56 Å². The molecule has 0 radical (unpaired) electrons. The number of carbonyl (C=O) groups excluding carboxylic acids is 2. The van der Waals surface area contributed by atoms with Crippen LogP contribution in [0.1, 0.15) is 47.3 Å². The lowest BCUT2D eigenvalue weighted by Gasteiger charge is -2.26. The van der Waals surface area contributed by atoms with E-state index in [4.69, 9.17) is 4.74 Å². The van der Waals surface area contributed by atoms with E-state index in [-0.39, 0.29) is 48.2 Å². The third kappa shape index (κ3) is 6.48. The monoisotopic (exact) mass is 516 g/mol. The van der Waals surface area contributed by atoms with Crippen LogP contribution in [0.3, 0.4) is 0 Å². The molecule has 3 aromatic rings. The van der Waals surface area contributed by atoms with Crippen molar-refractivity contribution in [3.63, 3.8) is 0 Å². The van der Waals surface area contributed by atoms with Gasteiger partial charge in [0.1, 0.15) is 5.69 Å². The van der Waals surface area contributed by atoms with E-state index in [1.54, 1.807) is 24.3 Å². The molecule has 1 fully saturated rings. The molecule has 0 bridgehead atoms. The predicted octanol–water partition coefficient (Wildman–Crippen LogP) is 4.54. The van der Waals surface area contributed by atoms with Crippen molar-refractivity contribution in [3.05, 3.63) is 81.8 Å². The maximum atomic E-state index is 13.2. The van der Waals surface area contributed by atoms with Crippen LogP contribution in [0.15, 0.2) is 59.4 Å². The van der Waals surface area contributed by atoms with Crippen LogP contribution >= 0.6 is 0 Å². The number of halogens is 3. The highest BCUT2D eigenvalue weighted by atomic mass is 19.4. The summed E-state index contributed by atoms with van der Waals surface area (Å²) in [6.45, 7) is 0.950. The number of hydrogen-bond acceptors (Lipinski definition) is 5. The van der Waals surface area contributed by atoms with Gasteiger partial charge in [0.15, 0.2) is 5.78 Å². The quantitative estimate of drug-likeness (QED) is 0.295. The fraction of sp³-hybridized carbons (Fsp3) is 0.346. The summed E-state index contributed by atoms with van der Waals surface area (Å²) in [6.07, 6.45) is -2.82. The Morgan fingerprint density at radius 3 is 2.46 bits per heavy atom. The van der Waals surface area contributed by atoms with Gasteiger partial charge in [-0.2, -0.15) is 13.2 Å². The summed E-state index contributed by atoms with van der Waals surface area (Å²) in [5.41, 5.74) is -0.429. The van der Waals surface area contributed by atoms with Gasteiger partial charge in [-0.1, -0.05) is 24.3 Å². The fourth-order valence-corrected chi connectivity index (χ4v) is 4.37. The van der Waals surface area contributed by atoms with Gasteiger partial charge in [0.2, 0.25) is 5.91 Å².